The molecule has 1 aromatic carbocycles. The fourth-order valence-electron chi connectivity index (χ4n) is 3.05. The van der Waals surface area contributed by atoms with E-state index in [1.807, 2.05) is 6.92 Å². The second kappa shape index (κ2) is 5.33. The van der Waals surface area contributed by atoms with Gasteiger partial charge in [-0.05, 0) is 37.8 Å². The lowest BCUT2D eigenvalue weighted by Gasteiger charge is -2.26. The molecule has 1 N–H and O–H groups in total. The minimum Gasteiger partial charge on any atom is -0.481 e. The third kappa shape index (κ3) is 2.81. The molecule has 3 unspecified atom stereocenters. The Morgan fingerprint density at radius 2 is 2.05 bits per heavy atom. The zero-order valence-corrected chi connectivity index (χ0v) is 12.2. The monoisotopic (exact) mass is 261 g/mol. The van der Waals surface area contributed by atoms with E-state index in [1.165, 1.54) is 16.7 Å². The van der Waals surface area contributed by atoms with Gasteiger partial charge >= 0.3 is 5.97 Å². The largest absolute Gasteiger partial charge is 0.481 e. The van der Waals surface area contributed by atoms with Gasteiger partial charge in [-0.25, -0.2) is 0 Å². The van der Waals surface area contributed by atoms with Gasteiger partial charge in [-0.2, -0.15) is 0 Å². The molecule has 1 fully saturated rings. The van der Waals surface area contributed by atoms with E-state index >= 15 is 0 Å². The second-order valence-electron chi connectivity index (χ2n) is 5.91. The predicted octanol–water partition coefficient (Wildman–Crippen LogP) is 3.02. The van der Waals surface area contributed by atoms with Crippen LogP contribution in [0.25, 0.3) is 0 Å². The highest BCUT2D eigenvalue weighted by molar-refractivity contribution is 5.71. The Morgan fingerprint density at radius 3 is 2.63 bits per heavy atom. The van der Waals surface area contributed by atoms with E-state index < -0.39 is 5.97 Å². The maximum Gasteiger partial charge on any atom is 0.308 e. The summed E-state index contributed by atoms with van der Waals surface area (Å²) in [6.45, 7) is 9.96. The van der Waals surface area contributed by atoms with Crippen LogP contribution in [-0.2, 0) is 4.79 Å². The molecule has 1 aromatic rings. The van der Waals surface area contributed by atoms with Crippen LogP contribution in [-0.4, -0.2) is 29.1 Å². The molecule has 0 aromatic heterocycles. The van der Waals surface area contributed by atoms with Crippen LogP contribution in [0.3, 0.4) is 0 Å². The summed E-state index contributed by atoms with van der Waals surface area (Å²) in [6, 6.07) is 6.78. The van der Waals surface area contributed by atoms with Crippen molar-refractivity contribution in [2.24, 2.45) is 11.8 Å². The zero-order valence-electron chi connectivity index (χ0n) is 12.2. The highest BCUT2D eigenvalue weighted by Crippen LogP contribution is 2.32. The highest BCUT2D eigenvalue weighted by Gasteiger charge is 2.37. The van der Waals surface area contributed by atoms with Crippen LogP contribution >= 0.6 is 0 Å². The third-order valence-electron chi connectivity index (χ3n) is 4.39. The quantitative estimate of drug-likeness (QED) is 0.909. The Kier molecular flexibility index (Phi) is 3.95. The lowest BCUT2D eigenvalue weighted by molar-refractivity contribution is -0.142. The summed E-state index contributed by atoms with van der Waals surface area (Å²) in [7, 11) is 0. The summed E-state index contributed by atoms with van der Waals surface area (Å²) in [4.78, 5) is 13.5. The highest BCUT2D eigenvalue weighted by atomic mass is 16.4. The number of rotatable bonds is 3. The van der Waals surface area contributed by atoms with Crippen LogP contribution in [0.1, 0.15) is 36.6 Å². The fourth-order valence-corrected chi connectivity index (χ4v) is 3.05. The van der Waals surface area contributed by atoms with Gasteiger partial charge in [0.2, 0.25) is 0 Å². The van der Waals surface area contributed by atoms with E-state index in [9.17, 15) is 9.90 Å². The Labute approximate surface area is 115 Å². The van der Waals surface area contributed by atoms with Gasteiger partial charge in [0, 0.05) is 19.1 Å². The molecule has 0 spiro atoms. The summed E-state index contributed by atoms with van der Waals surface area (Å²) in [6.07, 6.45) is 0. The molecule has 3 nitrogen and oxygen atoms in total. The van der Waals surface area contributed by atoms with E-state index in [0.29, 0.717) is 6.54 Å². The SMILES string of the molecule is Cc1ccc(C)c(C(C)N2CC(C)C(C(=O)O)C2)c1. The Hall–Kier alpha value is -1.35. The number of nitrogens with zero attached hydrogens (tertiary/aromatic N) is 1. The number of aryl methyl sites for hydroxylation is 2. The Morgan fingerprint density at radius 1 is 1.37 bits per heavy atom. The van der Waals surface area contributed by atoms with Crippen molar-refractivity contribution in [2.45, 2.75) is 33.7 Å². The van der Waals surface area contributed by atoms with Crippen molar-refractivity contribution in [1.29, 1.82) is 0 Å². The van der Waals surface area contributed by atoms with Crippen molar-refractivity contribution in [1.82, 2.24) is 4.90 Å². The summed E-state index contributed by atoms with van der Waals surface area (Å²) < 4.78 is 0. The van der Waals surface area contributed by atoms with Gasteiger partial charge in [0.05, 0.1) is 5.92 Å². The van der Waals surface area contributed by atoms with Gasteiger partial charge in [0.25, 0.3) is 0 Å². The van der Waals surface area contributed by atoms with Gasteiger partial charge < -0.3 is 5.11 Å². The predicted molar refractivity (Wildman–Crippen MR) is 76.2 cm³/mol. The van der Waals surface area contributed by atoms with Crippen molar-refractivity contribution in [3.63, 3.8) is 0 Å². The first kappa shape index (κ1) is 14.1. The Bertz CT molecular complexity index is 484. The van der Waals surface area contributed by atoms with Crippen molar-refractivity contribution in [3.8, 4) is 0 Å². The van der Waals surface area contributed by atoms with E-state index in [-0.39, 0.29) is 17.9 Å². The van der Waals surface area contributed by atoms with Gasteiger partial charge in [-0.1, -0.05) is 30.7 Å². The first-order valence-corrected chi connectivity index (χ1v) is 6.94. The molecule has 0 bridgehead atoms. The molecule has 3 heteroatoms. The molecule has 0 saturated carbocycles. The van der Waals surface area contributed by atoms with Crippen molar-refractivity contribution >= 4 is 5.97 Å². The number of aliphatic carboxylic acids is 1. The van der Waals surface area contributed by atoms with Crippen LogP contribution in [0.15, 0.2) is 18.2 Å². The smallest absolute Gasteiger partial charge is 0.308 e. The third-order valence-corrected chi connectivity index (χ3v) is 4.39. The molecule has 0 amide bonds. The second-order valence-corrected chi connectivity index (χ2v) is 5.91. The molecule has 3 atom stereocenters. The van der Waals surface area contributed by atoms with E-state index in [0.717, 1.165) is 6.54 Å². The molecule has 19 heavy (non-hydrogen) atoms. The molecule has 0 radical (unpaired) electrons. The molecule has 1 saturated heterocycles. The first-order valence-electron chi connectivity index (χ1n) is 6.94. The van der Waals surface area contributed by atoms with Crippen LogP contribution in [0, 0.1) is 25.7 Å². The minimum absolute atomic E-state index is 0.227. The average Bonchev–Trinajstić information content (AvgIpc) is 2.74. The normalized spacial score (nSPS) is 25.5. The molecule has 1 aliphatic heterocycles. The van der Waals surface area contributed by atoms with Gasteiger partial charge in [0.1, 0.15) is 0 Å². The number of carbonyl (C=O) groups is 1. The number of hydrogen-bond donors (Lipinski definition) is 1. The van der Waals surface area contributed by atoms with Crippen molar-refractivity contribution in [3.05, 3.63) is 34.9 Å². The molecule has 2 rings (SSSR count). The molecular formula is C16H23NO2. The first-order chi connectivity index (χ1) is 8.90. The van der Waals surface area contributed by atoms with Gasteiger partial charge in [0.15, 0.2) is 0 Å². The summed E-state index contributed by atoms with van der Waals surface area (Å²) in [5.41, 5.74) is 3.86. The summed E-state index contributed by atoms with van der Waals surface area (Å²) >= 11 is 0. The lowest BCUT2D eigenvalue weighted by atomic mass is 9.99. The summed E-state index contributed by atoms with van der Waals surface area (Å²) in [5, 5.41) is 9.23. The van der Waals surface area contributed by atoms with Crippen LogP contribution in [0.5, 0.6) is 0 Å². The molecule has 1 aliphatic rings. The molecule has 104 valence electrons. The zero-order chi connectivity index (χ0) is 14.2. The van der Waals surface area contributed by atoms with Gasteiger partial charge in [-0.3, -0.25) is 9.69 Å². The minimum atomic E-state index is -0.664. The summed E-state index contributed by atoms with van der Waals surface area (Å²) in [5.74, 6) is -0.666. The van der Waals surface area contributed by atoms with E-state index in [1.54, 1.807) is 0 Å². The molecule has 0 aliphatic carbocycles. The standard InChI is InChI=1S/C16H23NO2/c1-10-5-6-11(2)14(7-10)13(4)17-8-12(3)15(9-17)16(18)19/h5-7,12-13,15H,8-9H2,1-4H3,(H,18,19). The van der Waals surface area contributed by atoms with Crippen molar-refractivity contribution in [2.75, 3.05) is 13.1 Å². The van der Waals surface area contributed by atoms with Crippen LogP contribution < -0.4 is 0 Å². The van der Waals surface area contributed by atoms with E-state index in [2.05, 4.69) is 43.9 Å². The maximum atomic E-state index is 11.2. The lowest BCUT2D eigenvalue weighted by Crippen LogP contribution is -2.26. The van der Waals surface area contributed by atoms with Crippen LogP contribution in [0.4, 0.5) is 0 Å². The number of benzene rings is 1. The number of carboxylic acids is 1. The molecule has 1 heterocycles. The van der Waals surface area contributed by atoms with Gasteiger partial charge in [-0.15, -0.1) is 0 Å². The number of carboxylic acid groups (broad SMARTS) is 1. The molecular weight excluding hydrogens is 238 g/mol. The fraction of sp³-hybridized carbons (Fsp3) is 0.562. The topological polar surface area (TPSA) is 40.5 Å². The number of likely N-dealkylation sites (tertiary alicyclic amines) is 1. The van der Waals surface area contributed by atoms with Crippen molar-refractivity contribution < 1.29 is 9.90 Å². The Balaban J connectivity index is 2.19. The average molecular weight is 261 g/mol. The number of hydrogen-bond acceptors (Lipinski definition) is 2. The van der Waals surface area contributed by atoms with Crippen LogP contribution in [0.2, 0.25) is 0 Å². The maximum absolute atomic E-state index is 11.2. The van der Waals surface area contributed by atoms with E-state index in [4.69, 9.17) is 0 Å².